The maximum Gasteiger partial charge on any atom is 0.243 e. The Morgan fingerprint density at radius 1 is 1.30 bits per heavy atom. The van der Waals surface area contributed by atoms with Gasteiger partial charge < -0.3 is 15.2 Å². The summed E-state index contributed by atoms with van der Waals surface area (Å²) in [5.74, 6) is 1.06. The summed E-state index contributed by atoms with van der Waals surface area (Å²) in [6, 6.07) is 4.71. The van der Waals surface area contributed by atoms with Gasteiger partial charge in [0.1, 0.15) is 0 Å². The van der Waals surface area contributed by atoms with Gasteiger partial charge in [0.25, 0.3) is 0 Å². The molecule has 0 aromatic heterocycles. The number of rotatable bonds is 2. The summed E-state index contributed by atoms with van der Waals surface area (Å²) in [6.07, 6.45) is 1.37. The van der Waals surface area contributed by atoms with Gasteiger partial charge in [-0.1, -0.05) is 0 Å². The van der Waals surface area contributed by atoms with Gasteiger partial charge in [-0.3, -0.25) is 0 Å². The number of ether oxygens (including phenoxy) is 2. The molecule has 2 atom stereocenters. The fourth-order valence-corrected chi connectivity index (χ4v) is 4.39. The molecular formula is C13H18N2O4S. The first kappa shape index (κ1) is 13.7. The third-order valence-electron chi connectivity index (χ3n) is 3.81. The zero-order chi connectivity index (χ0) is 14.3. The number of hydrogen-bond acceptors (Lipinski definition) is 5. The number of sulfonamides is 1. The van der Waals surface area contributed by atoms with Crippen molar-refractivity contribution in [2.24, 2.45) is 5.73 Å². The van der Waals surface area contributed by atoms with Crippen LogP contribution in [0.5, 0.6) is 11.5 Å². The van der Waals surface area contributed by atoms with E-state index in [-0.39, 0.29) is 23.8 Å². The van der Waals surface area contributed by atoms with E-state index in [1.165, 1.54) is 10.4 Å². The van der Waals surface area contributed by atoms with Crippen LogP contribution in [0.1, 0.15) is 19.8 Å². The monoisotopic (exact) mass is 298 g/mol. The lowest BCUT2D eigenvalue weighted by atomic mass is 10.0. The molecular weight excluding hydrogens is 280 g/mol. The van der Waals surface area contributed by atoms with E-state index in [0.29, 0.717) is 30.9 Å². The van der Waals surface area contributed by atoms with Crippen LogP contribution in [0.2, 0.25) is 0 Å². The van der Waals surface area contributed by atoms with Crippen molar-refractivity contribution < 1.29 is 17.9 Å². The summed E-state index contributed by atoms with van der Waals surface area (Å²) in [5, 5.41) is 0. The standard InChI is InChI=1S/C13H18N2O4S/c1-9-6-10(14)4-5-15(9)20(16,17)11-2-3-12-13(7-11)19-8-18-12/h2-3,7,9-10H,4-6,8,14H2,1H3/t9-,10+/m0/s1. The molecule has 2 aliphatic heterocycles. The molecule has 2 N–H and O–H groups in total. The lowest BCUT2D eigenvalue weighted by Gasteiger charge is -2.35. The van der Waals surface area contributed by atoms with Gasteiger partial charge in [0.2, 0.25) is 16.8 Å². The van der Waals surface area contributed by atoms with Crippen LogP contribution >= 0.6 is 0 Å². The second kappa shape index (κ2) is 4.91. The Hall–Kier alpha value is -1.31. The Balaban J connectivity index is 1.92. The van der Waals surface area contributed by atoms with Crippen molar-refractivity contribution in [1.29, 1.82) is 0 Å². The Kier molecular flexibility index (Phi) is 3.35. The minimum atomic E-state index is -3.51. The summed E-state index contributed by atoms with van der Waals surface area (Å²) in [4.78, 5) is 0.240. The molecule has 0 unspecified atom stereocenters. The molecule has 0 spiro atoms. The average Bonchev–Trinajstić information content (AvgIpc) is 2.85. The second-order valence-electron chi connectivity index (χ2n) is 5.26. The number of piperidine rings is 1. The zero-order valence-corrected chi connectivity index (χ0v) is 12.1. The molecule has 6 nitrogen and oxygen atoms in total. The van der Waals surface area contributed by atoms with Crippen LogP contribution in [-0.2, 0) is 10.0 Å². The van der Waals surface area contributed by atoms with Crippen LogP contribution in [-0.4, -0.2) is 38.1 Å². The molecule has 0 saturated carbocycles. The summed E-state index contributed by atoms with van der Waals surface area (Å²) in [7, 11) is -3.51. The predicted molar refractivity (Wildman–Crippen MR) is 73.1 cm³/mol. The van der Waals surface area contributed by atoms with Gasteiger partial charge in [0, 0.05) is 24.7 Å². The molecule has 0 bridgehead atoms. The molecule has 7 heteroatoms. The third-order valence-corrected chi connectivity index (χ3v) is 5.82. The van der Waals surface area contributed by atoms with Crippen LogP contribution in [0.4, 0.5) is 0 Å². The van der Waals surface area contributed by atoms with Crippen LogP contribution in [0, 0.1) is 0 Å². The molecule has 2 aliphatic rings. The SMILES string of the molecule is C[C@H]1C[C@H](N)CCN1S(=O)(=O)c1ccc2c(c1)OCO2. The van der Waals surface area contributed by atoms with E-state index in [4.69, 9.17) is 15.2 Å². The highest BCUT2D eigenvalue weighted by atomic mass is 32.2. The van der Waals surface area contributed by atoms with Gasteiger partial charge in [0.05, 0.1) is 4.90 Å². The predicted octanol–water partition coefficient (Wildman–Crippen LogP) is 0.916. The molecule has 0 amide bonds. The summed E-state index contributed by atoms with van der Waals surface area (Å²) < 4.78 is 37.3. The maximum absolute atomic E-state index is 12.7. The zero-order valence-electron chi connectivity index (χ0n) is 11.3. The lowest BCUT2D eigenvalue weighted by molar-refractivity contribution is 0.174. The fourth-order valence-electron chi connectivity index (χ4n) is 2.72. The molecule has 0 aliphatic carbocycles. The van der Waals surface area contributed by atoms with Gasteiger partial charge in [-0.15, -0.1) is 0 Å². The highest BCUT2D eigenvalue weighted by Gasteiger charge is 2.34. The van der Waals surface area contributed by atoms with E-state index in [1.54, 1.807) is 12.1 Å². The highest BCUT2D eigenvalue weighted by Crippen LogP contribution is 2.35. The van der Waals surface area contributed by atoms with E-state index < -0.39 is 10.0 Å². The third kappa shape index (κ3) is 2.25. The number of fused-ring (bicyclic) bond motifs is 1. The minimum Gasteiger partial charge on any atom is -0.454 e. The van der Waals surface area contributed by atoms with Crippen LogP contribution in [0.15, 0.2) is 23.1 Å². The maximum atomic E-state index is 12.7. The van der Waals surface area contributed by atoms with Crippen molar-refractivity contribution in [1.82, 2.24) is 4.31 Å². The molecule has 1 aromatic rings. The number of hydrogen-bond donors (Lipinski definition) is 1. The fraction of sp³-hybridized carbons (Fsp3) is 0.538. The van der Waals surface area contributed by atoms with Gasteiger partial charge >= 0.3 is 0 Å². The Morgan fingerprint density at radius 3 is 2.80 bits per heavy atom. The van der Waals surface area contributed by atoms with Gasteiger partial charge in [0.15, 0.2) is 11.5 Å². The molecule has 1 saturated heterocycles. The van der Waals surface area contributed by atoms with E-state index in [2.05, 4.69) is 0 Å². The van der Waals surface area contributed by atoms with E-state index in [9.17, 15) is 8.42 Å². The second-order valence-corrected chi connectivity index (χ2v) is 7.15. The first-order valence-corrected chi connectivity index (χ1v) is 8.09. The largest absolute Gasteiger partial charge is 0.454 e. The van der Waals surface area contributed by atoms with Crippen molar-refractivity contribution >= 4 is 10.0 Å². The molecule has 0 radical (unpaired) electrons. The minimum absolute atomic E-state index is 0.0770. The normalized spacial score (nSPS) is 26.7. The van der Waals surface area contributed by atoms with Crippen molar-refractivity contribution in [3.63, 3.8) is 0 Å². The Labute approximate surface area is 118 Å². The Morgan fingerprint density at radius 2 is 2.05 bits per heavy atom. The topological polar surface area (TPSA) is 81.9 Å². The van der Waals surface area contributed by atoms with E-state index in [1.807, 2.05) is 6.92 Å². The Bertz CT molecular complexity index is 617. The number of nitrogens with two attached hydrogens (primary N) is 1. The molecule has 1 fully saturated rings. The summed E-state index contributed by atoms with van der Waals surface area (Å²) >= 11 is 0. The van der Waals surface area contributed by atoms with Crippen molar-refractivity contribution in [2.45, 2.75) is 36.7 Å². The highest BCUT2D eigenvalue weighted by molar-refractivity contribution is 7.89. The smallest absolute Gasteiger partial charge is 0.243 e. The number of nitrogens with zero attached hydrogens (tertiary/aromatic N) is 1. The van der Waals surface area contributed by atoms with Crippen LogP contribution in [0.3, 0.4) is 0 Å². The molecule has 110 valence electrons. The quantitative estimate of drug-likeness (QED) is 0.878. The van der Waals surface area contributed by atoms with Crippen molar-refractivity contribution in [2.75, 3.05) is 13.3 Å². The molecule has 20 heavy (non-hydrogen) atoms. The van der Waals surface area contributed by atoms with Crippen LogP contribution < -0.4 is 15.2 Å². The average molecular weight is 298 g/mol. The summed E-state index contributed by atoms with van der Waals surface area (Å²) in [6.45, 7) is 2.48. The van der Waals surface area contributed by atoms with Crippen molar-refractivity contribution in [3.8, 4) is 11.5 Å². The molecule has 3 rings (SSSR count). The van der Waals surface area contributed by atoms with Gasteiger partial charge in [-0.25, -0.2) is 8.42 Å². The first-order chi connectivity index (χ1) is 9.48. The summed E-state index contributed by atoms with van der Waals surface area (Å²) in [5.41, 5.74) is 5.89. The van der Waals surface area contributed by atoms with E-state index in [0.717, 1.165) is 0 Å². The molecule has 2 heterocycles. The van der Waals surface area contributed by atoms with Gasteiger partial charge in [-0.05, 0) is 31.9 Å². The lowest BCUT2D eigenvalue weighted by Crippen LogP contribution is -2.48. The van der Waals surface area contributed by atoms with Crippen molar-refractivity contribution in [3.05, 3.63) is 18.2 Å². The van der Waals surface area contributed by atoms with Gasteiger partial charge in [-0.2, -0.15) is 4.31 Å². The first-order valence-electron chi connectivity index (χ1n) is 6.65. The van der Waals surface area contributed by atoms with E-state index >= 15 is 0 Å². The van der Waals surface area contributed by atoms with Crippen LogP contribution in [0.25, 0.3) is 0 Å². The molecule has 1 aromatic carbocycles. The number of benzene rings is 1.